The lowest BCUT2D eigenvalue weighted by Gasteiger charge is -2.35. The van der Waals surface area contributed by atoms with Crippen LogP contribution >= 0.6 is 0 Å². The number of hydrogen-bond acceptors (Lipinski definition) is 2. The fourth-order valence-corrected chi connectivity index (χ4v) is 2.18. The summed E-state index contributed by atoms with van der Waals surface area (Å²) in [6.07, 6.45) is 2.25. The van der Waals surface area contributed by atoms with E-state index in [1.54, 1.807) is 19.0 Å². The summed E-state index contributed by atoms with van der Waals surface area (Å²) in [5.41, 5.74) is 0. The molecule has 1 heterocycles. The molecule has 18 heavy (non-hydrogen) atoms. The molecule has 0 aliphatic carbocycles. The Kier molecular flexibility index (Phi) is 5.44. The van der Waals surface area contributed by atoms with Crippen molar-refractivity contribution in [2.75, 3.05) is 40.3 Å². The summed E-state index contributed by atoms with van der Waals surface area (Å²) in [6.45, 7) is 6.45. The molecule has 1 aliphatic rings. The lowest BCUT2D eigenvalue weighted by molar-refractivity contribution is -0.129. The number of urea groups is 1. The fourth-order valence-electron chi connectivity index (χ4n) is 2.18. The summed E-state index contributed by atoms with van der Waals surface area (Å²) >= 11 is 0. The zero-order valence-corrected chi connectivity index (χ0v) is 12.0. The van der Waals surface area contributed by atoms with Crippen molar-refractivity contribution in [2.45, 2.75) is 26.7 Å². The normalized spacial score (nSPS) is 19.6. The van der Waals surface area contributed by atoms with Crippen LogP contribution in [0.4, 0.5) is 4.79 Å². The molecule has 104 valence electrons. The van der Waals surface area contributed by atoms with E-state index in [1.165, 1.54) is 11.3 Å². The summed E-state index contributed by atoms with van der Waals surface area (Å²) in [5, 5.41) is 0. The first-order valence-corrected chi connectivity index (χ1v) is 6.69. The highest BCUT2D eigenvalue weighted by atomic mass is 16.2. The zero-order chi connectivity index (χ0) is 13.7. The molecule has 3 amide bonds. The lowest BCUT2D eigenvalue weighted by Crippen LogP contribution is -2.49. The van der Waals surface area contributed by atoms with Gasteiger partial charge in [0.2, 0.25) is 5.91 Å². The van der Waals surface area contributed by atoms with Crippen molar-refractivity contribution >= 4 is 11.9 Å². The molecule has 0 N–H and O–H groups in total. The summed E-state index contributed by atoms with van der Waals surface area (Å²) in [6, 6.07) is -0.000694. The number of carbonyl (C=O) groups excluding carboxylic acids is 2. The van der Waals surface area contributed by atoms with Gasteiger partial charge in [0.15, 0.2) is 0 Å². The van der Waals surface area contributed by atoms with Crippen molar-refractivity contribution in [1.29, 1.82) is 0 Å². The third kappa shape index (κ3) is 3.89. The predicted octanol–water partition coefficient (Wildman–Crippen LogP) is 1.25. The third-order valence-corrected chi connectivity index (χ3v) is 3.40. The maximum atomic E-state index is 12.3. The van der Waals surface area contributed by atoms with Crippen LogP contribution in [-0.2, 0) is 4.79 Å². The van der Waals surface area contributed by atoms with Gasteiger partial charge in [-0.2, -0.15) is 0 Å². The maximum absolute atomic E-state index is 12.3. The average molecular weight is 255 g/mol. The van der Waals surface area contributed by atoms with Crippen LogP contribution in [0, 0.1) is 5.92 Å². The number of piperidine rings is 1. The van der Waals surface area contributed by atoms with Crippen LogP contribution in [0.5, 0.6) is 0 Å². The van der Waals surface area contributed by atoms with E-state index in [2.05, 4.69) is 6.92 Å². The summed E-state index contributed by atoms with van der Waals surface area (Å²) in [4.78, 5) is 29.0. The standard InChI is InChI=1S/C13H25N3O2/c1-5-15(10-12(17)14(3)4)13(18)16-8-6-7-11(2)9-16/h11H,5-10H2,1-4H3. The molecular formula is C13H25N3O2. The van der Waals surface area contributed by atoms with Crippen molar-refractivity contribution in [3.63, 3.8) is 0 Å². The van der Waals surface area contributed by atoms with Gasteiger partial charge in [0, 0.05) is 33.7 Å². The zero-order valence-electron chi connectivity index (χ0n) is 12.0. The number of rotatable bonds is 3. The third-order valence-electron chi connectivity index (χ3n) is 3.40. The van der Waals surface area contributed by atoms with Crippen LogP contribution in [0.2, 0.25) is 0 Å². The predicted molar refractivity (Wildman–Crippen MR) is 71.3 cm³/mol. The van der Waals surface area contributed by atoms with E-state index in [0.29, 0.717) is 12.5 Å². The van der Waals surface area contributed by atoms with Crippen molar-refractivity contribution in [2.24, 2.45) is 5.92 Å². The smallest absolute Gasteiger partial charge is 0.320 e. The Morgan fingerprint density at radius 1 is 1.33 bits per heavy atom. The van der Waals surface area contributed by atoms with Gasteiger partial charge in [-0.1, -0.05) is 6.92 Å². The number of likely N-dealkylation sites (N-methyl/N-ethyl adjacent to an activating group) is 2. The topological polar surface area (TPSA) is 43.9 Å². The quantitative estimate of drug-likeness (QED) is 0.762. The highest BCUT2D eigenvalue weighted by Gasteiger charge is 2.25. The maximum Gasteiger partial charge on any atom is 0.320 e. The van der Waals surface area contributed by atoms with E-state index in [9.17, 15) is 9.59 Å². The van der Waals surface area contributed by atoms with Gasteiger partial charge in [0.05, 0.1) is 0 Å². The minimum atomic E-state index is -0.0322. The van der Waals surface area contributed by atoms with Gasteiger partial charge in [-0.3, -0.25) is 4.79 Å². The van der Waals surface area contributed by atoms with Gasteiger partial charge in [0.25, 0.3) is 0 Å². The van der Waals surface area contributed by atoms with Crippen LogP contribution in [0.15, 0.2) is 0 Å². The monoisotopic (exact) mass is 255 g/mol. The Hall–Kier alpha value is -1.26. The SMILES string of the molecule is CCN(CC(=O)N(C)C)C(=O)N1CCCC(C)C1. The van der Waals surface area contributed by atoms with Gasteiger partial charge in [-0.25, -0.2) is 4.79 Å². The van der Waals surface area contributed by atoms with Crippen LogP contribution < -0.4 is 0 Å². The van der Waals surface area contributed by atoms with E-state index in [4.69, 9.17) is 0 Å². The molecule has 0 bridgehead atoms. The van der Waals surface area contributed by atoms with Crippen molar-refractivity contribution in [3.05, 3.63) is 0 Å². The van der Waals surface area contributed by atoms with Gasteiger partial charge < -0.3 is 14.7 Å². The Bertz CT molecular complexity index is 305. The van der Waals surface area contributed by atoms with E-state index >= 15 is 0 Å². The molecule has 0 spiro atoms. The molecule has 1 aliphatic heterocycles. The minimum absolute atomic E-state index is 0.000694. The highest BCUT2D eigenvalue weighted by Crippen LogP contribution is 2.16. The first kappa shape index (κ1) is 14.8. The van der Waals surface area contributed by atoms with E-state index in [-0.39, 0.29) is 18.5 Å². The minimum Gasteiger partial charge on any atom is -0.347 e. The van der Waals surface area contributed by atoms with E-state index in [0.717, 1.165) is 19.5 Å². The molecule has 1 atom stereocenters. The number of nitrogens with zero attached hydrogens (tertiary/aromatic N) is 3. The molecule has 0 radical (unpaired) electrons. The molecule has 1 fully saturated rings. The number of carbonyl (C=O) groups is 2. The summed E-state index contributed by atoms with van der Waals surface area (Å²) in [7, 11) is 3.42. The largest absolute Gasteiger partial charge is 0.347 e. The van der Waals surface area contributed by atoms with Crippen LogP contribution in [0.1, 0.15) is 26.7 Å². The second kappa shape index (κ2) is 6.61. The highest BCUT2D eigenvalue weighted by molar-refractivity contribution is 5.83. The first-order valence-electron chi connectivity index (χ1n) is 6.69. The fraction of sp³-hybridized carbons (Fsp3) is 0.846. The molecule has 5 heteroatoms. The van der Waals surface area contributed by atoms with Crippen molar-refractivity contribution in [3.8, 4) is 0 Å². The van der Waals surface area contributed by atoms with Crippen molar-refractivity contribution in [1.82, 2.24) is 14.7 Å². The summed E-state index contributed by atoms with van der Waals surface area (Å²) < 4.78 is 0. The van der Waals surface area contributed by atoms with Gasteiger partial charge in [0.1, 0.15) is 6.54 Å². The Morgan fingerprint density at radius 3 is 2.50 bits per heavy atom. The Balaban J connectivity index is 2.58. The average Bonchev–Trinajstić information content (AvgIpc) is 2.34. The van der Waals surface area contributed by atoms with Gasteiger partial charge >= 0.3 is 6.03 Å². The molecule has 0 aromatic heterocycles. The first-order chi connectivity index (χ1) is 8.45. The van der Waals surface area contributed by atoms with Crippen molar-refractivity contribution < 1.29 is 9.59 Å². The second-order valence-corrected chi connectivity index (χ2v) is 5.28. The molecule has 1 saturated heterocycles. The Morgan fingerprint density at radius 2 is 2.00 bits per heavy atom. The Labute approximate surface area is 110 Å². The van der Waals surface area contributed by atoms with Crippen LogP contribution in [0.25, 0.3) is 0 Å². The van der Waals surface area contributed by atoms with Crippen LogP contribution in [0.3, 0.4) is 0 Å². The summed E-state index contributed by atoms with van der Waals surface area (Å²) in [5.74, 6) is 0.529. The van der Waals surface area contributed by atoms with Crippen LogP contribution in [-0.4, -0.2) is 66.9 Å². The number of hydrogen-bond donors (Lipinski definition) is 0. The molecule has 1 rings (SSSR count). The van der Waals surface area contributed by atoms with Gasteiger partial charge in [-0.05, 0) is 25.7 Å². The van der Waals surface area contributed by atoms with E-state index in [1.807, 2.05) is 11.8 Å². The van der Waals surface area contributed by atoms with E-state index < -0.39 is 0 Å². The number of amides is 3. The molecule has 1 unspecified atom stereocenters. The molecule has 0 aromatic rings. The molecule has 0 saturated carbocycles. The number of likely N-dealkylation sites (tertiary alicyclic amines) is 1. The second-order valence-electron chi connectivity index (χ2n) is 5.28. The molecule has 5 nitrogen and oxygen atoms in total. The lowest BCUT2D eigenvalue weighted by atomic mass is 10.0. The molecular weight excluding hydrogens is 230 g/mol. The van der Waals surface area contributed by atoms with Gasteiger partial charge in [-0.15, -0.1) is 0 Å². The molecule has 0 aromatic carbocycles.